The lowest BCUT2D eigenvalue weighted by Crippen LogP contribution is -2.07. The molecular weight excluding hydrogens is 232 g/mol. The van der Waals surface area contributed by atoms with E-state index in [0.29, 0.717) is 11.8 Å². The van der Waals surface area contributed by atoms with Gasteiger partial charge in [0.25, 0.3) is 0 Å². The van der Waals surface area contributed by atoms with Gasteiger partial charge in [-0.1, -0.05) is 12.1 Å². The molecule has 0 spiro atoms. The Bertz CT molecular complexity index is 520. The van der Waals surface area contributed by atoms with Crippen LogP contribution >= 0.6 is 0 Å². The highest BCUT2D eigenvalue weighted by Crippen LogP contribution is 2.13. The summed E-state index contributed by atoms with van der Waals surface area (Å²) in [4.78, 5) is 20.3. The van der Waals surface area contributed by atoms with E-state index in [2.05, 4.69) is 9.97 Å². The Morgan fingerprint density at radius 1 is 0.889 bits per heavy atom. The van der Waals surface area contributed by atoms with E-state index in [1.807, 2.05) is 0 Å². The van der Waals surface area contributed by atoms with Gasteiger partial charge in [-0.05, 0) is 12.1 Å². The first-order chi connectivity index (χ1) is 8.74. The number of hydrogen-bond donors (Lipinski definition) is 0. The Kier molecular flexibility index (Phi) is 3.52. The van der Waals surface area contributed by atoms with E-state index < -0.39 is 0 Å². The minimum Gasteiger partial charge on any atom is -0.481 e. The topological polar surface area (TPSA) is 61.3 Å². The highest BCUT2D eigenvalue weighted by molar-refractivity contribution is 6.06. The van der Waals surface area contributed by atoms with E-state index in [9.17, 15) is 4.79 Å². The van der Waals surface area contributed by atoms with Crippen LogP contribution in [0.4, 0.5) is 0 Å². The average Bonchev–Trinajstić information content (AvgIpc) is 2.46. The number of ketones is 1. The third-order valence-electron chi connectivity index (χ3n) is 2.33. The molecule has 0 atom stereocenters. The zero-order valence-electron chi connectivity index (χ0n) is 10.1. The fourth-order valence-corrected chi connectivity index (χ4v) is 1.44. The molecule has 0 radical (unpaired) electrons. The number of carbonyl (C=O) groups is 1. The summed E-state index contributed by atoms with van der Waals surface area (Å²) in [6.45, 7) is 0. The summed E-state index contributed by atoms with van der Waals surface area (Å²) in [5, 5.41) is 0. The molecular formula is C13H12N2O3. The predicted octanol–water partition coefficient (Wildman–Crippen LogP) is 1.72. The van der Waals surface area contributed by atoms with E-state index >= 15 is 0 Å². The van der Waals surface area contributed by atoms with Gasteiger partial charge in [0.1, 0.15) is 11.4 Å². The zero-order chi connectivity index (χ0) is 13.0. The SMILES string of the molecule is COc1cccc(C(=O)c2cccc(OC)n2)n1. The lowest BCUT2D eigenvalue weighted by molar-refractivity contribution is 0.102. The first-order valence-corrected chi connectivity index (χ1v) is 5.31. The van der Waals surface area contributed by atoms with Crippen molar-refractivity contribution in [2.24, 2.45) is 0 Å². The van der Waals surface area contributed by atoms with Crippen molar-refractivity contribution in [3.63, 3.8) is 0 Å². The second-order valence-electron chi connectivity index (χ2n) is 3.46. The first-order valence-electron chi connectivity index (χ1n) is 5.31. The normalized spacial score (nSPS) is 9.89. The Hall–Kier alpha value is -2.43. The quantitative estimate of drug-likeness (QED) is 0.766. The Morgan fingerprint density at radius 3 is 1.72 bits per heavy atom. The van der Waals surface area contributed by atoms with Crippen LogP contribution < -0.4 is 9.47 Å². The summed E-state index contributed by atoms with van der Waals surface area (Å²) >= 11 is 0. The molecule has 0 aromatic carbocycles. The molecule has 2 aromatic heterocycles. The van der Waals surface area contributed by atoms with Crippen LogP contribution in [0.15, 0.2) is 36.4 Å². The molecule has 0 aliphatic rings. The smallest absolute Gasteiger partial charge is 0.229 e. The minimum absolute atomic E-state index is 0.271. The maximum atomic E-state index is 12.1. The van der Waals surface area contributed by atoms with Gasteiger partial charge in [0.15, 0.2) is 0 Å². The number of hydrogen-bond acceptors (Lipinski definition) is 5. The Labute approximate surface area is 104 Å². The molecule has 2 heterocycles. The van der Waals surface area contributed by atoms with Crippen molar-refractivity contribution in [3.05, 3.63) is 47.8 Å². The summed E-state index contributed by atoms with van der Waals surface area (Å²) in [7, 11) is 3.00. The van der Waals surface area contributed by atoms with Crippen molar-refractivity contribution in [1.82, 2.24) is 9.97 Å². The summed E-state index contributed by atoms with van der Waals surface area (Å²) < 4.78 is 9.95. The number of aromatic nitrogens is 2. The molecule has 18 heavy (non-hydrogen) atoms. The zero-order valence-corrected chi connectivity index (χ0v) is 10.1. The molecule has 2 rings (SSSR count). The van der Waals surface area contributed by atoms with Crippen LogP contribution in [0.5, 0.6) is 11.8 Å². The lowest BCUT2D eigenvalue weighted by Gasteiger charge is -2.04. The van der Waals surface area contributed by atoms with E-state index in [1.54, 1.807) is 36.4 Å². The van der Waals surface area contributed by atoms with Gasteiger partial charge in [0.05, 0.1) is 14.2 Å². The number of pyridine rings is 2. The van der Waals surface area contributed by atoms with Crippen molar-refractivity contribution in [2.45, 2.75) is 0 Å². The maximum Gasteiger partial charge on any atom is 0.229 e. The molecule has 0 bridgehead atoms. The predicted molar refractivity (Wildman–Crippen MR) is 65.0 cm³/mol. The van der Waals surface area contributed by atoms with E-state index in [0.717, 1.165) is 0 Å². The van der Waals surface area contributed by atoms with Crippen LogP contribution in [-0.4, -0.2) is 30.0 Å². The molecule has 0 aliphatic carbocycles. The highest BCUT2D eigenvalue weighted by atomic mass is 16.5. The first kappa shape index (κ1) is 12.0. The second-order valence-corrected chi connectivity index (χ2v) is 3.46. The van der Waals surface area contributed by atoms with E-state index in [4.69, 9.17) is 9.47 Å². The number of rotatable bonds is 4. The minimum atomic E-state index is -0.271. The van der Waals surface area contributed by atoms with Crippen LogP contribution in [0.25, 0.3) is 0 Å². The fourth-order valence-electron chi connectivity index (χ4n) is 1.44. The van der Waals surface area contributed by atoms with Crippen molar-refractivity contribution in [2.75, 3.05) is 14.2 Å². The summed E-state index contributed by atoms with van der Waals surface area (Å²) in [5.41, 5.74) is 0.574. The average molecular weight is 244 g/mol. The summed E-state index contributed by atoms with van der Waals surface area (Å²) in [5.74, 6) is 0.514. The van der Waals surface area contributed by atoms with Crippen molar-refractivity contribution < 1.29 is 14.3 Å². The molecule has 0 amide bonds. The maximum absolute atomic E-state index is 12.1. The fraction of sp³-hybridized carbons (Fsp3) is 0.154. The van der Waals surface area contributed by atoms with Crippen molar-refractivity contribution in [1.29, 1.82) is 0 Å². The van der Waals surface area contributed by atoms with Crippen LogP contribution in [0.3, 0.4) is 0 Å². The molecule has 2 aromatic rings. The van der Waals surface area contributed by atoms with Crippen LogP contribution in [0.1, 0.15) is 16.2 Å². The van der Waals surface area contributed by atoms with Gasteiger partial charge in [-0.3, -0.25) is 4.79 Å². The lowest BCUT2D eigenvalue weighted by atomic mass is 10.2. The standard InChI is InChI=1S/C13H12N2O3/c1-17-11-7-3-5-9(14-11)13(16)10-6-4-8-12(15-10)18-2/h3-8H,1-2H3. The van der Waals surface area contributed by atoms with E-state index in [-0.39, 0.29) is 17.2 Å². The number of nitrogens with zero attached hydrogens (tertiary/aromatic N) is 2. The monoisotopic (exact) mass is 244 g/mol. The van der Waals surface area contributed by atoms with Crippen LogP contribution in [0.2, 0.25) is 0 Å². The molecule has 0 fully saturated rings. The van der Waals surface area contributed by atoms with Gasteiger partial charge in [0, 0.05) is 12.1 Å². The highest BCUT2D eigenvalue weighted by Gasteiger charge is 2.13. The summed E-state index contributed by atoms with van der Waals surface area (Å²) in [6, 6.07) is 10.0. The molecule has 5 heteroatoms. The van der Waals surface area contributed by atoms with Crippen LogP contribution in [-0.2, 0) is 0 Å². The molecule has 0 unspecified atom stereocenters. The van der Waals surface area contributed by atoms with Gasteiger partial charge in [-0.25, -0.2) is 9.97 Å². The number of carbonyl (C=O) groups excluding carboxylic acids is 1. The van der Waals surface area contributed by atoms with Crippen molar-refractivity contribution in [3.8, 4) is 11.8 Å². The third kappa shape index (κ3) is 2.45. The Balaban J connectivity index is 2.34. The Morgan fingerprint density at radius 2 is 1.33 bits per heavy atom. The molecule has 0 saturated heterocycles. The number of methoxy groups -OCH3 is 2. The molecule has 5 nitrogen and oxygen atoms in total. The van der Waals surface area contributed by atoms with Gasteiger partial charge < -0.3 is 9.47 Å². The van der Waals surface area contributed by atoms with Gasteiger partial charge in [-0.2, -0.15) is 0 Å². The second kappa shape index (κ2) is 5.27. The van der Waals surface area contributed by atoms with Crippen LogP contribution in [0, 0.1) is 0 Å². The van der Waals surface area contributed by atoms with Gasteiger partial charge in [-0.15, -0.1) is 0 Å². The molecule has 0 aliphatic heterocycles. The van der Waals surface area contributed by atoms with Gasteiger partial charge >= 0.3 is 0 Å². The number of ether oxygens (including phenoxy) is 2. The third-order valence-corrected chi connectivity index (χ3v) is 2.33. The molecule has 0 saturated carbocycles. The molecule has 92 valence electrons. The van der Waals surface area contributed by atoms with Gasteiger partial charge in [0.2, 0.25) is 17.5 Å². The van der Waals surface area contributed by atoms with Crippen molar-refractivity contribution >= 4 is 5.78 Å². The largest absolute Gasteiger partial charge is 0.481 e. The molecule has 0 N–H and O–H groups in total. The van der Waals surface area contributed by atoms with E-state index in [1.165, 1.54) is 14.2 Å². The summed E-state index contributed by atoms with van der Waals surface area (Å²) in [6.07, 6.45) is 0.